The average molecular weight is 335 g/mol. The summed E-state index contributed by atoms with van der Waals surface area (Å²) in [5, 5.41) is 11.9. The summed E-state index contributed by atoms with van der Waals surface area (Å²) >= 11 is 0. The summed E-state index contributed by atoms with van der Waals surface area (Å²) in [6, 6.07) is 5.94. The molecule has 6 nitrogen and oxygen atoms in total. The Balaban J connectivity index is 2.03. The van der Waals surface area contributed by atoms with Crippen LogP contribution < -0.4 is 10.1 Å². The number of carbonyl (C=O) groups is 2. The third-order valence-electron chi connectivity index (χ3n) is 3.89. The smallest absolute Gasteiger partial charge is 0.326 e. The summed E-state index contributed by atoms with van der Waals surface area (Å²) in [4.78, 5) is 23.8. The number of hydrogen-bond acceptors (Lipinski definition) is 4. The molecule has 1 aliphatic rings. The highest BCUT2D eigenvalue weighted by molar-refractivity contribution is 5.98. The van der Waals surface area contributed by atoms with Crippen molar-refractivity contribution >= 4 is 11.9 Å². The summed E-state index contributed by atoms with van der Waals surface area (Å²) in [5.74, 6) is -0.864. The molecule has 132 valence electrons. The number of carboxylic acid groups (broad SMARTS) is 1. The minimum atomic E-state index is -1.03. The van der Waals surface area contributed by atoms with Crippen LogP contribution in [0.5, 0.6) is 5.75 Å². The van der Waals surface area contributed by atoms with E-state index in [-0.39, 0.29) is 12.0 Å². The van der Waals surface area contributed by atoms with Gasteiger partial charge in [0, 0.05) is 6.61 Å². The van der Waals surface area contributed by atoms with Gasteiger partial charge in [-0.2, -0.15) is 0 Å². The van der Waals surface area contributed by atoms with E-state index in [0.717, 1.165) is 19.4 Å². The molecule has 2 N–H and O–H groups in total. The second-order valence-electron chi connectivity index (χ2n) is 6.44. The molecular formula is C18H25NO5. The second-order valence-corrected chi connectivity index (χ2v) is 6.44. The number of benzene rings is 1. The van der Waals surface area contributed by atoms with Crippen molar-refractivity contribution < 1.29 is 24.2 Å². The lowest BCUT2D eigenvalue weighted by Gasteiger charge is -2.18. The standard InChI is InChI=1S/C18H25NO5/c1-12(2)10-15(18(21)22)19-17(20)14-7-3-4-8-16(14)24-11-13-6-5-9-23-13/h3-4,7-8,12-13,15H,5-6,9-11H2,1-2H3,(H,19,20)(H,21,22)/t13-,15+/m0/s1. The first-order valence-corrected chi connectivity index (χ1v) is 8.34. The number of rotatable bonds is 8. The maximum absolute atomic E-state index is 12.5. The van der Waals surface area contributed by atoms with Gasteiger partial charge < -0.3 is 19.9 Å². The molecule has 1 aromatic carbocycles. The summed E-state index contributed by atoms with van der Waals surface area (Å²) in [5.41, 5.74) is 0.338. The van der Waals surface area contributed by atoms with Crippen LogP contribution in [-0.4, -0.2) is 42.3 Å². The Hall–Kier alpha value is -2.08. The van der Waals surface area contributed by atoms with Crippen LogP contribution in [0.15, 0.2) is 24.3 Å². The molecule has 0 bridgehead atoms. The van der Waals surface area contributed by atoms with Gasteiger partial charge in [-0.3, -0.25) is 4.79 Å². The van der Waals surface area contributed by atoms with Gasteiger partial charge in [0.1, 0.15) is 18.4 Å². The third-order valence-corrected chi connectivity index (χ3v) is 3.89. The minimum absolute atomic E-state index is 0.0498. The molecule has 1 saturated heterocycles. The van der Waals surface area contributed by atoms with Crippen molar-refractivity contribution in [1.82, 2.24) is 5.32 Å². The van der Waals surface area contributed by atoms with Gasteiger partial charge in [0.2, 0.25) is 0 Å². The van der Waals surface area contributed by atoms with Gasteiger partial charge in [-0.25, -0.2) is 4.79 Å². The number of aliphatic carboxylic acids is 1. The Morgan fingerprint density at radius 2 is 2.12 bits per heavy atom. The van der Waals surface area contributed by atoms with Gasteiger partial charge in [0.25, 0.3) is 5.91 Å². The Labute approximate surface area is 142 Å². The zero-order chi connectivity index (χ0) is 17.5. The molecule has 0 radical (unpaired) electrons. The maximum Gasteiger partial charge on any atom is 0.326 e. The molecule has 1 aliphatic heterocycles. The van der Waals surface area contributed by atoms with Crippen molar-refractivity contribution in [3.8, 4) is 5.75 Å². The number of amides is 1. The Bertz CT molecular complexity index is 566. The van der Waals surface area contributed by atoms with Crippen LogP contribution in [-0.2, 0) is 9.53 Å². The van der Waals surface area contributed by atoms with Gasteiger partial charge in [0.15, 0.2) is 0 Å². The largest absolute Gasteiger partial charge is 0.490 e. The van der Waals surface area contributed by atoms with Crippen LogP contribution in [0, 0.1) is 5.92 Å². The van der Waals surface area contributed by atoms with E-state index in [1.54, 1.807) is 24.3 Å². The molecule has 0 aliphatic carbocycles. The van der Waals surface area contributed by atoms with E-state index in [1.165, 1.54) is 0 Å². The van der Waals surface area contributed by atoms with E-state index in [2.05, 4.69) is 5.32 Å². The molecule has 24 heavy (non-hydrogen) atoms. The molecule has 1 amide bonds. The van der Waals surface area contributed by atoms with Crippen molar-refractivity contribution in [2.24, 2.45) is 5.92 Å². The lowest BCUT2D eigenvalue weighted by atomic mass is 10.0. The molecular weight excluding hydrogens is 310 g/mol. The predicted molar refractivity (Wildman–Crippen MR) is 89.3 cm³/mol. The summed E-state index contributed by atoms with van der Waals surface area (Å²) in [7, 11) is 0. The highest BCUT2D eigenvalue weighted by Crippen LogP contribution is 2.21. The van der Waals surface area contributed by atoms with Gasteiger partial charge in [-0.15, -0.1) is 0 Å². The van der Waals surface area contributed by atoms with E-state index >= 15 is 0 Å². The summed E-state index contributed by atoms with van der Waals surface area (Å²) < 4.78 is 11.2. The average Bonchev–Trinajstić information content (AvgIpc) is 3.05. The van der Waals surface area contributed by atoms with Crippen molar-refractivity contribution in [2.75, 3.05) is 13.2 Å². The van der Waals surface area contributed by atoms with Crippen molar-refractivity contribution in [1.29, 1.82) is 0 Å². The quantitative estimate of drug-likeness (QED) is 0.762. The van der Waals surface area contributed by atoms with Crippen molar-refractivity contribution in [3.63, 3.8) is 0 Å². The van der Waals surface area contributed by atoms with Gasteiger partial charge in [-0.1, -0.05) is 26.0 Å². The molecule has 2 rings (SSSR count). The fraction of sp³-hybridized carbons (Fsp3) is 0.556. The lowest BCUT2D eigenvalue weighted by molar-refractivity contribution is -0.139. The summed E-state index contributed by atoms with van der Waals surface area (Å²) in [6.45, 7) is 4.96. The molecule has 1 heterocycles. The Morgan fingerprint density at radius 3 is 2.75 bits per heavy atom. The number of para-hydroxylation sites is 1. The van der Waals surface area contributed by atoms with E-state index in [4.69, 9.17) is 9.47 Å². The fourth-order valence-corrected chi connectivity index (χ4v) is 2.67. The zero-order valence-corrected chi connectivity index (χ0v) is 14.2. The molecule has 1 fully saturated rings. The van der Waals surface area contributed by atoms with Crippen LogP contribution in [0.2, 0.25) is 0 Å². The van der Waals surface area contributed by atoms with E-state index in [0.29, 0.717) is 24.3 Å². The molecule has 0 aromatic heterocycles. The highest BCUT2D eigenvalue weighted by Gasteiger charge is 2.24. The third kappa shape index (κ3) is 5.23. The number of carbonyl (C=O) groups excluding carboxylic acids is 1. The van der Waals surface area contributed by atoms with Crippen LogP contribution >= 0.6 is 0 Å². The van der Waals surface area contributed by atoms with Crippen LogP contribution in [0.25, 0.3) is 0 Å². The van der Waals surface area contributed by atoms with Crippen LogP contribution in [0.3, 0.4) is 0 Å². The SMILES string of the molecule is CC(C)C[C@@H](NC(=O)c1ccccc1OC[C@@H]1CCCO1)C(=O)O. The van der Waals surface area contributed by atoms with Gasteiger partial charge in [0.05, 0.1) is 11.7 Å². The maximum atomic E-state index is 12.5. The second kappa shape index (κ2) is 8.68. The zero-order valence-electron chi connectivity index (χ0n) is 14.2. The normalized spacial score (nSPS) is 18.4. The van der Waals surface area contributed by atoms with Crippen molar-refractivity contribution in [3.05, 3.63) is 29.8 Å². The monoisotopic (exact) mass is 335 g/mol. The molecule has 1 aromatic rings. The first kappa shape index (κ1) is 18.3. The van der Waals surface area contributed by atoms with E-state index in [9.17, 15) is 14.7 Å². The molecule has 0 saturated carbocycles. The fourth-order valence-electron chi connectivity index (χ4n) is 2.67. The molecule has 0 unspecified atom stereocenters. The van der Waals surface area contributed by atoms with Crippen LogP contribution in [0.1, 0.15) is 43.5 Å². The summed E-state index contributed by atoms with van der Waals surface area (Å²) in [6.07, 6.45) is 2.39. The van der Waals surface area contributed by atoms with Crippen LogP contribution in [0.4, 0.5) is 0 Å². The highest BCUT2D eigenvalue weighted by atomic mass is 16.5. The number of hydrogen-bond donors (Lipinski definition) is 2. The van der Waals surface area contributed by atoms with Gasteiger partial charge in [-0.05, 0) is 37.3 Å². The minimum Gasteiger partial charge on any atom is -0.490 e. The van der Waals surface area contributed by atoms with Gasteiger partial charge >= 0.3 is 5.97 Å². The molecule has 0 spiro atoms. The van der Waals surface area contributed by atoms with E-state index < -0.39 is 17.9 Å². The topological polar surface area (TPSA) is 84.9 Å². The number of ether oxygens (including phenoxy) is 2. The molecule has 2 atom stereocenters. The van der Waals surface area contributed by atoms with Crippen molar-refractivity contribution in [2.45, 2.75) is 45.3 Å². The Morgan fingerprint density at radius 1 is 1.38 bits per heavy atom. The lowest BCUT2D eigenvalue weighted by Crippen LogP contribution is -2.41. The first-order valence-electron chi connectivity index (χ1n) is 8.34. The Kier molecular flexibility index (Phi) is 6.61. The number of carboxylic acids is 1. The molecule has 6 heteroatoms. The van der Waals surface area contributed by atoms with E-state index in [1.807, 2.05) is 13.8 Å². The first-order chi connectivity index (χ1) is 11.5. The predicted octanol–water partition coefficient (Wildman–Crippen LogP) is 2.47. The number of nitrogens with one attached hydrogen (secondary N) is 1.